The van der Waals surface area contributed by atoms with Gasteiger partial charge in [-0.25, -0.2) is 0 Å². The van der Waals surface area contributed by atoms with Crippen LogP contribution in [0.5, 0.6) is 0 Å². The normalized spacial score (nSPS) is 23.8. The van der Waals surface area contributed by atoms with E-state index in [1.165, 1.54) is 190 Å². The van der Waals surface area contributed by atoms with Crippen LogP contribution in [-0.2, 0) is 20.6 Å². The van der Waals surface area contributed by atoms with Gasteiger partial charge >= 0.3 is 34.5 Å². The molecular formula is C56H83Cl2N2PRu. The number of hydrogen-bond acceptors (Lipinski definition) is 2. The summed E-state index contributed by atoms with van der Waals surface area (Å²) >= 11 is -0.346. The van der Waals surface area contributed by atoms with Crippen LogP contribution in [0.2, 0.25) is 0 Å². The number of halogens is 2. The second-order valence-electron chi connectivity index (χ2n) is 20.2. The van der Waals surface area contributed by atoms with E-state index >= 15 is 0 Å². The zero-order valence-corrected chi connectivity index (χ0v) is 44.3. The first-order valence-electron chi connectivity index (χ1n) is 25.2. The van der Waals surface area contributed by atoms with Crippen LogP contribution in [-0.4, -0.2) is 30.1 Å². The third-order valence-corrected chi connectivity index (χ3v) is 19.5. The van der Waals surface area contributed by atoms with Crippen LogP contribution in [0, 0.1) is 47.5 Å². The van der Waals surface area contributed by atoms with Crippen LogP contribution >= 0.6 is 27.3 Å². The van der Waals surface area contributed by atoms with Gasteiger partial charge < -0.3 is 10.6 Å². The van der Waals surface area contributed by atoms with E-state index in [1.54, 1.807) is 5.57 Å². The summed E-state index contributed by atoms with van der Waals surface area (Å²) in [6.07, 6.45) is 37.8. The number of aryl methyl sites for hydroxylation is 6. The molecule has 4 fully saturated rings. The van der Waals surface area contributed by atoms with Gasteiger partial charge in [0.25, 0.3) is 0 Å². The first-order chi connectivity index (χ1) is 30.0. The van der Waals surface area contributed by atoms with Gasteiger partial charge in [0.15, 0.2) is 0 Å². The number of nitrogens with one attached hydrogen (secondary N) is 2. The third-order valence-electron chi connectivity index (χ3n) is 15.4. The van der Waals surface area contributed by atoms with Gasteiger partial charge in [-0.1, -0.05) is 158 Å². The monoisotopic (exact) mass is 986 g/mol. The number of hydrogen-bond donors (Lipinski definition) is 2. The van der Waals surface area contributed by atoms with E-state index in [1.807, 2.05) is 5.57 Å². The summed E-state index contributed by atoms with van der Waals surface area (Å²) in [6, 6.07) is 9.89. The predicted molar refractivity (Wildman–Crippen MR) is 272 cm³/mol. The van der Waals surface area contributed by atoms with Crippen molar-refractivity contribution in [3.63, 3.8) is 0 Å². The number of rotatable bonds is 14. The Kier molecular flexibility index (Phi) is 19.7. The summed E-state index contributed by atoms with van der Waals surface area (Å²) in [5, 5.41) is 8.00. The third kappa shape index (κ3) is 12.1. The predicted octanol–water partition coefficient (Wildman–Crippen LogP) is 17.0. The molecule has 0 radical (unpaired) electrons. The Morgan fingerprint density at radius 2 is 1.26 bits per heavy atom. The minimum absolute atomic E-state index is 0.0725. The fraction of sp³-hybridized carbons (Fsp3) is 0.643. The summed E-state index contributed by atoms with van der Waals surface area (Å²) in [5.74, 6) is 2.10. The topological polar surface area (TPSA) is 24.1 Å². The van der Waals surface area contributed by atoms with Gasteiger partial charge in [-0.05, 0) is 161 Å². The Morgan fingerprint density at radius 3 is 1.81 bits per heavy atom. The van der Waals surface area contributed by atoms with Crippen LogP contribution in [0.1, 0.15) is 193 Å². The van der Waals surface area contributed by atoms with E-state index in [0.717, 1.165) is 42.4 Å². The van der Waals surface area contributed by atoms with Gasteiger partial charge in [0, 0.05) is 24.3 Å². The number of unbranched alkanes of at least 4 members (excludes halogenated alkanes) is 1. The average Bonchev–Trinajstić information content (AvgIpc) is 3.78. The molecule has 2 N–H and O–H groups in total. The molecule has 7 rings (SSSR count). The first kappa shape index (κ1) is 50.1. The second-order valence-corrected chi connectivity index (χ2v) is 25.8. The molecule has 1 heterocycles. The van der Waals surface area contributed by atoms with E-state index in [-0.39, 0.29) is 28.5 Å². The molecule has 62 heavy (non-hydrogen) atoms. The molecule has 2 aromatic carbocycles. The second kappa shape index (κ2) is 24.4. The summed E-state index contributed by atoms with van der Waals surface area (Å²) in [5.41, 5.74) is 20.1. The standard InChI is InChI=1S/C56H83N2P.2ClH.Ru/c1-9-11-21-45(10-2)22-20-23-46-36-50(52-41(5)32-39(3)33-42(52)6)54(55-57-30-31-58-55)56(37-46,53-43(7)34-40(4)35-44(53)8)38-47-24-18-19-29-51(47)59(48-25-14-12-15-26-48)49-27-16-13-17-28-49;;;/h32-38,45,48-49,51,57-58H,9-31H2,1-8H3;2*1H;/q;;;+2/p-2. The number of allylic oxidation sites excluding steroid dienone is 7. The molecule has 6 heteroatoms. The van der Waals surface area contributed by atoms with E-state index < -0.39 is 0 Å². The number of benzene rings is 2. The molecule has 1 saturated heterocycles. The molecule has 3 saturated carbocycles. The zero-order valence-electron chi connectivity index (χ0n) is 40.2. The Hall–Kier alpha value is -1.37. The maximum absolute atomic E-state index is 4.85. The van der Waals surface area contributed by atoms with E-state index in [9.17, 15) is 0 Å². The molecule has 3 unspecified atom stereocenters. The van der Waals surface area contributed by atoms with Crippen molar-refractivity contribution in [2.45, 2.75) is 213 Å². The molecule has 2 aromatic rings. The maximum atomic E-state index is 4.85. The Balaban J connectivity index is 0.00000208. The quantitative estimate of drug-likeness (QED) is 0.112. The fourth-order valence-corrected chi connectivity index (χ4v) is 17.6. The van der Waals surface area contributed by atoms with Crippen LogP contribution in [0.25, 0.3) is 5.57 Å². The Labute approximate surface area is 397 Å². The molecule has 0 spiro atoms. The summed E-state index contributed by atoms with van der Waals surface area (Å²) in [4.78, 5) is 0. The molecule has 0 aromatic heterocycles. The van der Waals surface area contributed by atoms with Gasteiger partial charge in [0.05, 0.1) is 5.41 Å². The van der Waals surface area contributed by atoms with Crippen molar-refractivity contribution in [3.05, 3.63) is 110 Å². The van der Waals surface area contributed by atoms with Crippen molar-refractivity contribution in [2.24, 2.45) is 5.92 Å². The minimum atomic E-state index is -0.373. The molecule has 2 nitrogen and oxygen atoms in total. The molecule has 4 aliphatic carbocycles. The van der Waals surface area contributed by atoms with Gasteiger partial charge in [-0.3, -0.25) is 0 Å². The molecular weight excluding hydrogens is 904 g/mol. The summed E-state index contributed by atoms with van der Waals surface area (Å²) in [7, 11) is 9.64. The fourth-order valence-electron chi connectivity index (χ4n) is 13.0. The molecule has 344 valence electrons. The van der Waals surface area contributed by atoms with Gasteiger partial charge in [0.1, 0.15) is 5.82 Å². The van der Waals surface area contributed by atoms with Crippen LogP contribution in [0.4, 0.5) is 0 Å². The van der Waals surface area contributed by atoms with Gasteiger partial charge in [-0.2, -0.15) is 0 Å². The van der Waals surface area contributed by atoms with Gasteiger partial charge in [0.2, 0.25) is 0 Å². The van der Waals surface area contributed by atoms with Crippen molar-refractivity contribution >= 4 is 32.9 Å². The average molecular weight is 987 g/mol. The van der Waals surface area contributed by atoms with Crippen LogP contribution < -0.4 is 10.6 Å². The zero-order chi connectivity index (χ0) is 44.2. The van der Waals surface area contributed by atoms with Crippen molar-refractivity contribution in [1.29, 1.82) is 0 Å². The summed E-state index contributed by atoms with van der Waals surface area (Å²) < 4.78 is 0. The summed E-state index contributed by atoms with van der Waals surface area (Å²) in [6.45, 7) is 21.0. The van der Waals surface area contributed by atoms with Crippen LogP contribution in [0.3, 0.4) is 0 Å². The molecule has 1 aliphatic heterocycles. The van der Waals surface area contributed by atoms with Crippen molar-refractivity contribution < 1.29 is 15.1 Å². The van der Waals surface area contributed by atoms with E-state index in [2.05, 4.69) is 109 Å². The SMILES string of the molecule is CCCCC(CC)CCCC1=CC(C=C2CCCCC2P(C2CCCCC2)C2CCCCC2)(c2c(C)cc(C)cc2C)C(=C2NCCN2)C(c2c(C)cc(C)cc2C)=C1.[Cl][Ru][Cl]. The van der Waals surface area contributed by atoms with Crippen LogP contribution in [0.15, 0.2) is 65.0 Å². The Morgan fingerprint density at radius 1 is 0.726 bits per heavy atom. The molecule has 5 aliphatic rings. The Bertz CT molecular complexity index is 1840. The van der Waals surface area contributed by atoms with E-state index in [0.29, 0.717) is 0 Å². The molecule has 3 atom stereocenters. The van der Waals surface area contributed by atoms with Gasteiger partial charge in [-0.15, -0.1) is 0 Å². The van der Waals surface area contributed by atoms with Crippen molar-refractivity contribution in [3.8, 4) is 0 Å². The molecule has 0 bridgehead atoms. The van der Waals surface area contributed by atoms with E-state index in [4.69, 9.17) is 19.4 Å². The van der Waals surface area contributed by atoms with Crippen molar-refractivity contribution in [2.75, 3.05) is 13.1 Å². The molecule has 0 amide bonds. The van der Waals surface area contributed by atoms with Crippen molar-refractivity contribution in [1.82, 2.24) is 10.6 Å². The first-order valence-corrected chi connectivity index (χ1v) is 31.2.